The molecule has 0 amide bonds. The first kappa shape index (κ1) is 14.4. The second kappa shape index (κ2) is 5.82. The van der Waals surface area contributed by atoms with Gasteiger partial charge in [-0.1, -0.05) is 15.9 Å². The van der Waals surface area contributed by atoms with E-state index in [1.54, 1.807) is 12.1 Å². The quantitative estimate of drug-likeness (QED) is 0.625. The predicted octanol–water partition coefficient (Wildman–Crippen LogP) is -1.63. The summed E-state index contributed by atoms with van der Waals surface area (Å²) in [7, 11) is 1.42. The van der Waals surface area contributed by atoms with Crippen molar-refractivity contribution in [2.24, 2.45) is 0 Å². The first-order chi connectivity index (χ1) is 7.63. The maximum Gasteiger partial charge on any atom is 1.00 e. The van der Waals surface area contributed by atoms with Crippen molar-refractivity contribution >= 4 is 32.8 Å². The number of ether oxygens (including phenoxy) is 1. The fourth-order valence-corrected chi connectivity index (χ4v) is 1.87. The molecule has 0 N–H and O–H groups in total. The number of fused-ring (bicyclic) bond motifs is 1. The van der Waals surface area contributed by atoms with Crippen LogP contribution in [0.25, 0.3) is 10.9 Å². The van der Waals surface area contributed by atoms with Gasteiger partial charge in [-0.15, -0.1) is 0 Å². The molecular weight excluding hydrogens is 297 g/mol. The average molecular weight is 304 g/mol. The fourth-order valence-electron chi connectivity index (χ4n) is 1.51. The minimum absolute atomic E-state index is 0. The van der Waals surface area contributed by atoms with Crippen molar-refractivity contribution in [3.8, 4) is 5.75 Å². The molecule has 1 heterocycles. The minimum atomic E-state index is -1.30. The minimum Gasteiger partial charge on any atom is -0.545 e. The van der Waals surface area contributed by atoms with E-state index in [2.05, 4.69) is 20.9 Å². The number of benzene rings is 1. The number of aromatic nitrogens is 1. The van der Waals surface area contributed by atoms with Crippen molar-refractivity contribution in [3.63, 3.8) is 0 Å². The van der Waals surface area contributed by atoms with E-state index in [1.807, 2.05) is 6.07 Å². The summed E-state index contributed by atoms with van der Waals surface area (Å²) in [6.07, 6.45) is 1.24. The fraction of sp³-hybridized carbons (Fsp3) is 0.0909. The molecule has 0 atom stereocenters. The number of rotatable bonds is 2. The number of carboxylic acids is 1. The van der Waals surface area contributed by atoms with Gasteiger partial charge in [0.2, 0.25) is 0 Å². The molecule has 0 radical (unpaired) electrons. The Kier molecular flexibility index (Phi) is 4.94. The Balaban J connectivity index is 0.00000144. The van der Waals surface area contributed by atoms with E-state index in [0.717, 1.165) is 4.47 Å². The maximum absolute atomic E-state index is 10.9. The van der Waals surface area contributed by atoms with Crippen LogP contribution in [0.5, 0.6) is 5.75 Å². The molecule has 1 aromatic heterocycles. The monoisotopic (exact) mass is 303 g/mol. The Labute approximate surface area is 128 Å². The Morgan fingerprint density at radius 2 is 2.18 bits per heavy atom. The van der Waals surface area contributed by atoms with Gasteiger partial charge in [-0.2, -0.15) is 0 Å². The first-order valence-corrected chi connectivity index (χ1v) is 5.26. The number of carbonyl (C=O) groups is 1. The van der Waals surface area contributed by atoms with Crippen molar-refractivity contribution in [3.05, 3.63) is 34.4 Å². The molecule has 2 rings (SSSR count). The van der Waals surface area contributed by atoms with Crippen molar-refractivity contribution in [1.29, 1.82) is 0 Å². The average Bonchev–Trinajstić information content (AvgIpc) is 2.27. The molecule has 82 valence electrons. The van der Waals surface area contributed by atoms with Gasteiger partial charge in [-0.3, -0.25) is 4.98 Å². The molecule has 0 saturated heterocycles. The zero-order chi connectivity index (χ0) is 11.7. The molecule has 0 unspecified atom stereocenters. The summed E-state index contributed by atoms with van der Waals surface area (Å²) in [5.41, 5.74) is 0.623. The smallest absolute Gasteiger partial charge is 0.545 e. The van der Waals surface area contributed by atoms with Crippen LogP contribution in [0.15, 0.2) is 28.9 Å². The number of halogens is 1. The van der Waals surface area contributed by atoms with E-state index in [0.29, 0.717) is 10.9 Å². The van der Waals surface area contributed by atoms with Gasteiger partial charge < -0.3 is 14.6 Å². The van der Waals surface area contributed by atoms with Crippen LogP contribution in [-0.2, 0) is 0 Å². The molecule has 0 fully saturated rings. The van der Waals surface area contributed by atoms with Gasteiger partial charge in [0.25, 0.3) is 0 Å². The van der Waals surface area contributed by atoms with E-state index in [4.69, 9.17) is 4.74 Å². The van der Waals surface area contributed by atoms with Crippen LogP contribution in [0.1, 0.15) is 10.4 Å². The van der Waals surface area contributed by atoms with Crippen LogP contribution in [-0.4, -0.2) is 18.1 Å². The number of pyridine rings is 1. The third-order valence-electron chi connectivity index (χ3n) is 2.20. The van der Waals surface area contributed by atoms with Gasteiger partial charge in [-0.05, 0) is 18.2 Å². The van der Waals surface area contributed by atoms with Crippen LogP contribution in [0.4, 0.5) is 0 Å². The molecule has 1 aromatic carbocycles. The van der Waals surface area contributed by atoms with Gasteiger partial charge in [0.1, 0.15) is 5.75 Å². The van der Waals surface area contributed by atoms with Crippen LogP contribution in [0.3, 0.4) is 0 Å². The molecule has 0 bridgehead atoms. The molecular formula is C11H7BrNNaO3. The molecule has 0 spiro atoms. The molecule has 0 aliphatic carbocycles. The van der Waals surface area contributed by atoms with Gasteiger partial charge in [0.05, 0.1) is 24.2 Å². The summed E-state index contributed by atoms with van der Waals surface area (Å²) >= 11 is 3.31. The van der Waals surface area contributed by atoms with Crippen LogP contribution in [0, 0.1) is 0 Å². The molecule has 17 heavy (non-hydrogen) atoms. The third-order valence-corrected chi connectivity index (χ3v) is 2.70. The Morgan fingerprint density at radius 3 is 2.76 bits per heavy atom. The van der Waals surface area contributed by atoms with Crippen molar-refractivity contribution in [2.75, 3.05) is 7.11 Å². The second-order valence-corrected chi connectivity index (χ2v) is 4.07. The Hall–Kier alpha value is -0.620. The van der Waals surface area contributed by atoms with Gasteiger partial charge in [-0.25, -0.2) is 0 Å². The summed E-state index contributed by atoms with van der Waals surface area (Å²) in [5.74, 6) is -1.03. The molecule has 0 aliphatic rings. The zero-order valence-corrected chi connectivity index (χ0v) is 12.9. The SMILES string of the molecule is COc1c(C(=O)[O-])cnc2ccc(Br)cc12.[Na+]. The van der Waals surface area contributed by atoms with Crippen molar-refractivity contribution < 1.29 is 44.2 Å². The third kappa shape index (κ3) is 2.80. The summed E-state index contributed by atoms with van der Waals surface area (Å²) in [4.78, 5) is 14.9. The van der Waals surface area contributed by atoms with Gasteiger partial charge in [0, 0.05) is 16.1 Å². The molecule has 2 aromatic rings. The number of carbonyl (C=O) groups excluding carboxylic acids is 1. The van der Waals surface area contributed by atoms with E-state index >= 15 is 0 Å². The van der Waals surface area contributed by atoms with Crippen molar-refractivity contribution in [1.82, 2.24) is 4.98 Å². The molecule has 4 nitrogen and oxygen atoms in total. The Morgan fingerprint density at radius 1 is 1.47 bits per heavy atom. The van der Waals surface area contributed by atoms with Gasteiger partial charge in [0.15, 0.2) is 0 Å². The summed E-state index contributed by atoms with van der Waals surface area (Å²) in [5, 5.41) is 11.5. The Bertz CT molecular complexity index is 574. The predicted molar refractivity (Wildman–Crippen MR) is 60.3 cm³/mol. The number of hydrogen-bond donors (Lipinski definition) is 0. The zero-order valence-electron chi connectivity index (χ0n) is 9.36. The summed E-state index contributed by atoms with van der Waals surface area (Å²) < 4.78 is 5.92. The van der Waals surface area contributed by atoms with Crippen molar-refractivity contribution in [2.45, 2.75) is 0 Å². The first-order valence-electron chi connectivity index (χ1n) is 4.47. The van der Waals surface area contributed by atoms with E-state index in [1.165, 1.54) is 13.3 Å². The normalized spacial score (nSPS) is 9.76. The van der Waals surface area contributed by atoms with Crippen LogP contribution in [0.2, 0.25) is 0 Å². The summed E-state index contributed by atoms with van der Waals surface area (Å²) in [6.45, 7) is 0. The summed E-state index contributed by atoms with van der Waals surface area (Å²) in [6, 6.07) is 5.36. The number of methoxy groups -OCH3 is 1. The standard InChI is InChI=1S/C11H8BrNO3.Na/c1-16-10-7-4-6(12)2-3-9(7)13-5-8(10)11(14)15;/h2-5H,1H3,(H,14,15);/q;+1/p-1. The van der Waals surface area contributed by atoms with E-state index < -0.39 is 5.97 Å². The molecule has 0 aliphatic heterocycles. The topological polar surface area (TPSA) is 62.2 Å². The molecule has 0 saturated carbocycles. The van der Waals surface area contributed by atoms with Crippen LogP contribution >= 0.6 is 15.9 Å². The van der Waals surface area contributed by atoms with Gasteiger partial charge >= 0.3 is 29.6 Å². The number of nitrogens with zero attached hydrogens (tertiary/aromatic N) is 1. The largest absolute Gasteiger partial charge is 1.00 e. The van der Waals surface area contributed by atoms with Crippen LogP contribution < -0.4 is 39.4 Å². The van der Waals surface area contributed by atoms with E-state index in [-0.39, 0.29) is 40.9 Å². The van der Waals surface area contributed by atoms with E-state index in [9.17, 15) is 9.90 Å². The molecule has 6 heteroatoms. The number of aromatic carboxylic acids is 1. The second-order valence-electron chi connectivity index (χ2n) is 3.15. The number of hydrogen-bond acceptors (Lipinski definition) is 4. The maximum atomic E-state index is 10.9. The number of carboxylic acid groups (broad SMARTS) is 1.